The lowest BCUT2D eigenvalue weighted by molar-refractivity contribution is 0.00384. The summed E-state index contributed by atoms with van der Waals surface area (Å²) in [6.07, 6.45) is 2.00. The predicted octanol–water partition coefficient (Wildman–Crippen LogP) is 4.06. The van der Waals surface area contributed by atoms with Crippen LogP contribution in [-0.2, 0) is 16.1 Å². The third kappa shape index (κ3) is 4.03. The monoisotopic (exact) mass is 354 g/mol. The first kappa shape index (κ1) is 17.0. The van der Waals surface area contributed by atoms with Crippen LogP contribution in [0.5, 0.6) is 5.75 Å². The number of hydrogen-bond donors (Lipinski definition) is 0. The summed E-state index contributed by atoms with van der Waals surface area (Å²) in [6, 6.07) is 14.2. The number of fused-ring (bicyclic) bond motifs is 1. The van der Waals surface area contributed by atoms with Gasteiger partial charge >= 0.3 is 0 Å². The maximum atomic E-state index is 5.95. The quantitative estimate of drug-likeness (QED) is 0.637. The highest BCUT2D eigenvalue weighted by atomic mass is 16.5. The lowest BCUT2D eigenvalue weighted by atomic mass is 10.1. The average molecular weight is 354 g/mol. The van der Waals surface area contributed by atoms with E-state index >= 15 is 0 Å². The summed E-state index contributed by atoms with van der Waals surface area (Å²) < 4.78 is 22.7. The first-order valence-electron chi connectivity index (χ1n) is 8.95. The Labute approximate surface area is 152 Å². The maximum absolute atomic E-state index is 5.95. The van der Waals surface area contributed by atoms with Gasteiger partial charge in [-0.2, -0.15) is 0 Å². The summed E-state index contributed by atoms with van der Waals surface area (Å²) in [5.74, 6) is 1.66. The summed E-state index contributed by atoms with van der Waals surface area (Å²) >= 11 is 0. The van der Waals surface area contributed by atoms with Gasteiger partial charge in [0, 0.05) is 6.61 Å². The average Bonchev–Trinajstić information content (AvgIpc) is 3.34. The molecule has 6 nitrogen and oxygen atoms in total. The van der Waals surface area contributed by atoms with Gasteiger partial charge in [0.15, 0.2) is 6.10 Å². The third-order valence-corrected chi connectivity index (χ3v) is 4.42. The molecule has 0 bridgehead atoms. The smallest absolute Gasteiger partial charge is 0.256 e. The van der Waals surface area contributed by atoms with Crippen molar-refractivity contribution in [2.75, 3.05) is 13.2 Å². The van der Waals surface area contributed by atoms with Crippen molar-refractivity contribution in [3.8, 4) is 5.75 Å². The summed E-state index contributed by atoms with van der Waals surface area (Å²) in [7, 11) is 0. The Morgan fingerprint density at radius 2 is 2.04 bits per heavy atom. The van der Waals surface area contributed by atoms with Crippen molar-refractivity contribution in [1.82, 2.24) is 10.2 Å². The second kappa shape index (κ2) is 7.85. The van der Waals surface area contributed by atoms with Crippen molar-refractivity contribution < 1.29 is 18.6 Å². The highest BCUT2D eigenvalue weighted by Gasteiger charge is 2.18. The van der Waals surface area contributed by atoms with Crippen LogP contribution in [0.2, 0.25) is 0 Å². The molecule has 3 aromatic rings. The van der Waals surface area contributed by atoms with Gasteiger partial charge in [-0.15, -0.1) is 10.2 Å². The van der Waals surface area contributed by atoms with Crippen molar-refractivity contribution in [3.05, 3.63) is 54.2 Å². The molecule has 26 heavy (non-hydrogen) atoms. The minimum Gasteiger partial charge on any atom is -0.481 e. The van der Waals surface area contributed by atoms with Crippen molar-refractivity contribution in [3.63, 3.8) is 0 Å². The van der Waals surface area contributed by atoms with Crippen molar-refractivity contribution in [1.29, 1.82) is 0 Å². The zero-order valence-corrected chi connectivity index (χ0v) is 14.8. The zero-order chi connectivity index (χ0) is 17.8. The summed E-state index contributed by atoms with van der Waals surface area (Å²) in [5.41, 5.74) is 0. The molecular formula is C20H22N2O4. The van der Waals surface area contributed by atoms with Crippen LogP contribution in [0, 0.1) is 0 Å². The number of aromatic nitrogens is 2. The number of benzene rings is 2. The van der Waals surface area contributed by atoms with E-state index in [2.05, 4.69) is 22.3 Å². The molecule has 2 unspecified atom stereocenters. The summed E-state index contributed by atoms with van der Waals surface area (Å²) in [5, 5.41) is 10.4. The van der Waals surface area contributed by atoms with Crippen LogP contribution in [0.25, 0.3) is 10.8 Å². The Bertz CT molecular complexity index is 858. The lowest BCUT2D eigenvalue weighted by Gasteiger charge is -2.11. The Kier molecular flexibility index (Phi) is 5.13. The van der Waals surface area contributed by atoms with E-state index in [9.17, 15) is 0 Å². The van der Waals surface area contributed by atoms with Crippen LogP contribution in [0.15, 0.2) is 46.9 Å². The first-order chi connectivity index (χ1) is 12.8. The molecule has 1 aliphatic heterocycles. The number of ether oxygens (including phenoxy) is 3. The van der Waals surface area contributed by atoms with Gasteiger partial charge in [0.2, 0.25) is 5.89 Å². The molecule has 2 heterocycles. The molecule has 6 heteroatoms. The van der Waals surface area contributed by atoms with Gasteiger partial charge in [0.1, 0.15) is 12.4 Å². The fraction of sp³-hybridized carbons (Fsp3) is 0.400. The van der Waals surface area contributed by atoms with Crippen LogP contribution < -0.4 is 4.74 Å². The highest BCUT2D eigenvalue weighted by molar-refractivity contribution is 5.83. The maximum Gasteiger partial charge on any atom is 0.256 e. The van der Waals surface area contributed by atoms with E-state index in [0.29, 0.717) is 18.4 Å². The molecule has 0 spiro atoms. The Balaban J connectivity index is 1.33. The molecule has 0 radical (unpaired) electrons. The minimum atomic E-state index is -0.337. The number of nitrogens with zero attached hydrogens (tertiary/aromatic N) is 2. The van der Waals surface area contributed by atoms with E-state index in [4.69, 9.17) is 18.6 Å². The topological polar surface area (TPSA) is 66.6 Å². The van der Waals surface area contributed by atoms with Crippen molar-refractivity contribution in [2.45, 2.75) is 38.6 Å². The predicted molar refractivity (Wildman–Crippen MR) is 95.9 cm³/mol. The molecule has 1 aromatic heterocycles. The molecule has 0 N–H and O–H groups in total. The zero-order valence-electron chi connectivity index (χ0n) is 14.8. The standard InChI is InChI=1S/C20H22N2O4/c1-14(25-17-9-8-15-5-2-3-6-16(15)11-17)20-22-21-19(26-20)13-23-12-18-7-4-10-24-18/h2-3,5-6,8-9,11,14,18H,4,7,10,12-13H2,1H3. The van der Waals surface area contributed by atoms with E-state index in [1.54, 1.807) is 0 Å². The molecule has 1 aliphatic rings. The fourth-order valence-corrected chi connectivity index (χ4v) is 3.04. The van der Waals surface area contributed by atoms with Crippen LogP contribution in [0.3, 0.4) is 0 Å². The molecule has 0 aliphatic carbocycles. The second-order valence-electron chi connectivity index (χ2n) is 6.45. The fourth-order valence-electron chi connectivity index (χ4n) is 3.04. The SMILES string of the molecule is CC(Oc1ccc2ccccc2c1)c1nnc(COCC2CCCO2)o1. The number of rotatable bonds is 7. The van der Waals surface area contributed by atoms with Crippen molar-refractivity contribution >= 4 is 10.8 Å². The van der Waals surface area contributed by atoms with E-state index in [1.165, 1.54) is 5.39 Å². The Morgan fingerprint density at radius 3 is 2.88 bits per heavy atom. The van der Waals surface area contributed by atoms with Gasteiger partial charge < -0.3 is 18.6 Å². The van der Waals surface area contributed by atoms with Gasteiger partial charge in [0.05, 0.1) is 12.7 Å². The molecule has 1 saturated heterocycles. The molecule has 0 saturated carbocycles. The summed E-state index contributed by atoms with van der Waals surface area (Å²) in [4.78, 5) is 0. The second-order valence-corrected chi connectivity index (χ2v) is 6.45. The van der Waals surface area contributed by atoms with E-state index < -0.39 is 0 Å². The molecule has 2 aromatic carbocycles. The van der Waals surface area contributed by atoms with E-state index in [0.717, 1.165) is 30.6 Å². The van der Waals surface area contributed by atoms with Gasteiger partial charge in [-0.25, -0.2) is 0 Å². The first-order valence-corrected chi connectivity index (χ1v) is 8.95. The van der Waals surface area contributed by atoms with Crippen LogP contribution in [0.4, 0.5) is 0 Å². The molecule has 2 atom stereocenters. The van der Waals surface area contributed by atoms with Crippen LogP contribution in [0.1, 0.15) is 37.7 Å². The normalized spacial score (nSPS) is 18.3. The van der Waals surface area contributed by atoms with E-state index in [-0.39, 0.29) is 18.8 Å². The Hall–Kier alpha value is -2.44. The lowest BCUT2D eigenvalue weighted by Crippen LogP contribution is -2.13. The summed E-state index contributed by atoms with van der Waals surface area (Å²) in [6.45, 7) is 3.55. The van der Waals surface area contributed by atoms with Crippen LogP contribution >= 0.6 is 0 Å². The third-order valence-electron chi connectivity index (χ3n) is 4.42. The van der Waals surface area contributed by atoms with Gasteiger partial charge in [0.25, 0.3) is 5.89 Å². The molecule has 0 amide bonds. The minimum absolute atomic E-state index is 0.188. The largest absolute Gasteiger partial charge is 0.481 e. The molecular weight excluding hydrogens is 332 g/mol. The molecule has 4 rings (SSSR count). The number of hydrogen-bond acceptors (Lipinski definition) is 6. The Morgan fingerprint density at radius 1 is 1.15 bits per heavy atom. The van der Waals surface area contributed by atoms with Crippen LogP contribution in [-0.4, -0.2) is 29.5 Å². The van der Waals surface area contributed by atoms with E-state index in [1.807, 2.05) is 37.3 Å². The van der Waals surface area contributed by atoms with Gasteiger partial charge in [-0.3, -0.25) is 0 Å². The van der Waals surface area contributed by atoms with Crippen molar-refractivity contribution in [2.24, 2.45) is 0 Å². The van der Waals surface area contributed by atoms with Gasteiger partial charge in [-0.1, -0.05) is 30.3 Å². The molecule has 1 fully saturated rings. The highest BCUT2D eigenvalue weighted by Crippen LogP contribution is 2.25. The molecule has 136 valence electrons. The van der Waals surface area contributed by atoms with Gasteiger partial charge in [-0.05, 0) is 42.7 Å².